The molecule has 0 aliphatic heterocycles. The minimum absolute atomic E-state index is 0.00804. The van der Waals surface area contributed by atoms with Gasteiger partial charge in [-0.1, -0.05) is 26.3 Å². The Balaban J connectivity index is 2.96. The van der Waals surface area contributed by atoms with Crippen LogP contribution in [0.3, 0.4) is 0 Å². The molecule has 1 N–H and O–H groups in total. The Labute approximate surface area is 110 Å². The van der Waals surface area contributed by atoms with Gasteiger partial charge in [0.25, 0.3) is 0 Å². The first kappa shape index (κ1) is 15.2. The van der Waals surface area contributed by atoms with E-state index < -0.39 is 15.9 Å². The van der Waals surface area contributed by atoms with Crippen LogP contribution < -0.4 is 0 Å². The standard InChI is InChI=1S/C14H22O3S/c1-5-10(2)14(15)9-18(16,17)13-7-6-11(3)12(4)8-13/h6-8,10,14-15H,5,9H2,1-4H3. The van der Waals surface area contributed by atoms with Crippen LogP contribution in [-0.4, -0.2) is 25.4 Å². The first-order chi connectivity index (χ1) is 8.27. The summed E-state index contributed by atoms with van der Waals surface area (Å²) in [5, 5.41) is 9.86. The van der Waals surface area contributed by atoms with E-state index in [9.17, 15) is 13.5 Å². The fourth-order valence-electron chi connectivity index (χ4n) is 1.66. The van der Waals surface area contributed by atoms with Gasteiger partial charge in [-0.3, -0.25) is 0 Å². The highest BCUT2D eigenvalue weighted by molar-refractivity contribution is 7.91. The Bertz CT molecular complexity index is 506. The Morgan fingerprint density at radius 1 is 1.22 bits per heavy atom. The zero-order chi connectivity index (χ0) is 13.9. The largest absolute Gasteiger partial charge is 0.392 e. The average Bonchev–Trinajstić information content (AvgIpc) is 2.30. The summed E-state index contributed by atoms with van der Waals surface area (Å²) in [6.07, 6.45) is -0.0366. The van der Waals surface area contributed by atoms with Crippen LogP contribution >= 0.6 is 0 Å². The molecule has 0 aliphatic carbocycles. The van der Waals surface area contributed by atoms with Gasteiger partial charge in [-0.15, -0.1) is 0 Å². The maximum atomic E-state index is 12.2. The molecule has 102 valence electrons. The van der Waals surface area contributed by atoms with Gasteiger partial charge in [-0.05, 0) is 43.0 Å². The van der Waals surface area contributed by atoms with Crippen molar-refractivity contribution in [3.05, 3.63) is 29.3 Å². The molecule has 0 aliphatic rings. The molecular formula is C14H22O3S. The maximum absolute atomic E-state index is 12.2. The molecule has 0 spiro atoms. The Morgan fingerprint density at radius 2 is 1.83 bits per heavy atom. The molecule has 0 amide bonds. The van der Waals surface area contributed by atoms with Crippen LogP contribution in [-0.2, 0) is 9.84 Å². The van der Waals surface area contributed by atoms with Gasteiger partial charge in [0.2, 0.25) is 0 Å². The summed E-state index contributed by atoms with van der Waals surface area (Å²) < 4.78 is 24.3. The van der Waals surface area contributed by atoms with Gasteiger partial charge >= 0.3 is 0 Å². The van der Waals surface area contributed by atoms with E-state index >= 15 is 0 Å². The molecule has 1 aromatic carbocycles. The molecule has 0 saturated carbocycles. The van der Waals surface area contributed by atoms with Crippen LogP contribution in [0.25, 0.3) is 0 Å². The van der Waals surface area contributed by atoms with Crippen LogP contribution in [0, 0.1) is 19.8 Å². The Kier molecular flexibility index (Phi) is 4.93. The normalized spacial score (nSPS) is 15.4. The molecule has 0 saturated heterocycles. The monoisotopic (exact) mass is 270 g/mol. The lowest BCUT2D eigenvalue weighted by atomic mass is 10.0. The van der Waals surface area contributed by atoms with Gasteiger partial charge in [-0.2, -0.15) is 0 Å². The molecule has 2 unspecified atom stereocenters. The van der Waals surface area contributed by atoms with Crippen LogP contribution in [0.2, 0.25) is 0 Å². The van der Waals surface area contributed by atoms with E-state index in [4.69, 9.17) is 0 Å². The number of hydrogen-bond acceptors (Lipinski definition) is 3. The predicted molar refractivity (Wildman–Crippen MR) is 73.4 cm³/mol. The number of aryl methyl sites for hydroxylation is 2. The summed E-state index contributed by atoms with van der Waals surface area (Å²) in [5.41, 5.74) is 2.02. The van der Waals surface area contributed by atoms with Crippen LogP contribution in [0.5, 0.6) is 0 Å². The van der Waals surface area contributed by atoms with Crippen molar-refractivity contribution in [2.45, 2.75) is 45.1 Å². The van der Waals surface area contributed by atoms with E-state index in [1.807, 2.05) is 27.7 Å². The number of aliphatic hydroxyl groups is 1. The third-order valence-corrected chi connectivity index (χ3v) is 5.28. The van der Waals surface area contributed by atoms with Crippen molar-refractivity contribution in [1.29, 1.82) is 0 Å². The van der Waals surface area contributed by atoms with E-state index in [2.05, 4.69) is 0 Å². The SMILES string of the molecule is CCC(C)C(O)CS(=O)(=O)c1ccc(C)c(C)c1. The topological polar surface area (TPSA) is 54.4 Å². The molecule has 0 heterocycles. The summed E-state index contributed by atoms with van der Waals surface area (Å²) >= 11 is 0. The number of rotatable bonds is 5. The number of sulfone groups is 1. The van der Waals surface area contributed by atoms with Crippen molar-refractivity contribution in [3.63, 3.8) is 0 Å². The fourth-order valence-corrected chi connectivity index (χ4v) is 3.27. The first-order valence-corrected chi connectivity index (χ1v) is 7.91. The lowest BCUT2D eigenvalue weighted by Gasteiger charge is -2.17. The predicted octanol–water partition coefficient (Wildman–Crippen LogP) is 2.48. The summed E-state index contributed by atoms with van der Waals surface area (Å²) in [7, 11) is -3.40. The van der Waals surface area contributed by atoms with Gasteiger partial charge in [0.05, 0.1) is 16.8 Å². The average molecular weight is 270 g/mol. The fraction of sp³-hybridized carbons (Fsp3) is 0.571. The number of hydrogen-bond donors (Lipinski definition) is 1. The highest BCUT2D eigenvalue weighted by atomic mass is 32.2. The molecule has 0 fully saturated rings. The first-order valence-electron chi connectivity index (χ1n) is 6.26. The van der Waals surface area contributed by atoms with Crippen molar-refractivity contribution in [2.24, 2.45) is 5.92 Å². The van der Waals surface area contributed by atoms with Crippen molar-refractivity contribution >= 4 is 9.84 Å². The summed E-state index contributed by atoms with van der Waals surface area (Å²) in [6, 6.07) is 5.09. The second kappa shape index (κ2) is 5.85. The molecule has 0 bridgehead atoms. The zero-order valence-electron chi connectivity index (χ0n) is 11.5. The Morgan fingerprint density at radius 3 is 2.33 bits per heavy atom. The van der Waals surface area contributed by atoms with E-state index in [1.54, 1.807) is 18.2 Å². The van der Waals surface area contributed by atoms with E-state index in [1.165, 1.54) is 0 Å². The highest BCUT2D eigenvalue weighted by Crippen LogP contribution is 2.19. The third kappa shape index (κ3) is 3.56. The summed E-state index contributed by atoms with van der Waals surface area (Å²) in [6.45, 7) is 7.64. The molecule has 1 rings (SSSR count). The molecule has 0 aromatic heterocycles. The van der Waals surface area contributed by atoms with Crippen molar-refractivity contribution in [3.8, 4) is 0 Å². The quantitative estimate of drug-likeness (QED) is 0.894. The number of benzene rings is 1. The van der Waals surface area contributed by atoms with Gasteiger partial charge in [0.1, 0.15) is 0 Å². The van der Waals surface area contributed by atoms with E-state index in [0.29, 0.717) is 4.90 Å². The van der Waals surface area contributed by atoms with Crippen LogP contribution in [0.1, 0.15) is 31.4 Å². The molecular weight excluding hydrogens is 248 g/mol. The van der Waals surface area contributed by atoms with E-state index in [0.717, 1.165) is 17.5 Å². The molecule has 2 atom stereocenters. The van der Waals surface area contributed by atoms with Crippen LogP contribution in [0.15, 0.2) is 23.1 Å². The number of aliphatic hydroxyl groups excluding tert-OH is 1. The lowest BCUT2D eigenvalue weighted by Crippen LogP contribution is -2.27. The zero-order valence-corrected chi connectivity index (χ0v) is 12.3. The van der Waals surface area contributed by atoms with Gasteiger partial charge in [-0.25, -0.2) is 8.42 Å². The maximum Gasteiger partial charge on any atom is 0.180 e. The van der Waals surface area contributed by atoms with Crippen LogP contribution in [0.4, 0.5) is 0 Å². The smallest absolute Gasteiger partial charge is 0.180 e. The second-order valence-electron chi connectivity index (χ2n) is 4.98. The second-order valence-corrected chi connectivity index (χ2v) is 7.01. The molecule has 1 aromatic rings. The Hall–Kier alpha value is -0.870. The van der Waals surface area contributed by atoms with Crippen molar-refractivity contribution in [2.75, 3.05) is 5.75 Å². The minimum atomic E-state index is -3.40. The van der Waals surface area contributed by atoms with Crippen molar-refractivity contribution < 1.29 is 13.5 Å². The van der Waals surface area contributed by atoms with Gasteiger partial charge < -0.3 is 5.11 Å². The molecule has 18 heavy (non-hydrogen) atoms. The molecule has 3 nitrogen and oxygen atoms in total. The molecule has 4 heteroatoms. The van der Waals surface area contributed by atoms with E-state index in [-0.39, 0.29) is 11.7 Å². The minimum Gasteiger partial charge on any atom is -0.392 e. The summed E-state index contributed by atoms with van der Waals surface area (Å²) in [4.78, 5) is 0.299. The third-order valence-electron chi connectivity index (χ3n) is 3.53. The highest BCUT2D eigenvalue weighted by Gasteiger charge is 2.23. The lowest BCUT2D eigenvalue weighted by molar-refractivity contribution is 0.135. The van der Waals surface area contributed by atoms with Gasteiger partial charge in [0.15, 0.2) is 9.84 Å². The van der Waals surface area contributed by atoms with Crippen molar-refractivity contribution in [1.82, 2.24) is 0 Å². The molecule has 0 radical (unpaired) electrons. The summed E-state index contributed by atoms with van der Waals surface area (Å²) in [5.74, 6) is -0.212. The van der Waals surface area contributed by atoms with Gasteiger partial charge in [0, 0.05) is 0 Å².